The van der Waals surface area contributed by atoms with Crippen LogP contribution in [0.4, 0.5) is 0 Å². The smallest absolute Gasteiger partial charge is 0.308 e. The van der Waals surface area contributed by atoms with Gasteiger partial charge in [0.15, 0.2) is 0 Å². The number of carboxylic acids is 1. The highest BCUT2D eigenvalue weighted by molar-refractivity contribution is 7.91. The van der Waals surface area contributed by atoms with E-state index in [0.29, 0.717) is 12.8 Å². The van der Waals surface area contributed by atoms with Crippen LogP contribution in [0.1, 0.15) is 43.0 Å². The number of sulfonamides is 1. The number of carbonyl (C=O) groups excluding carboxylic acids is 1. The van der Waals surface area contributed by atoms with Gasteiger partial charge in [-0.15, -0.1) is 11.3 Å². The Morgan fingerprint density at radius 3 is 2.68 bits per heavy atom. The minimum absolute atomic E-state index is 0.0961. The standard InChI is InChI=1S/C13H18N2O5S2/c1-13(5-3-2-4-9(13)12(17)18)15-11(16)8-6-10(21-7-8)22(14,19)20/h6-7,9H,2-5H2,1H3,(H,15,16)(H,17,18)(H2,14,19,20)/t9-,13-/m1/s1. The molecule has 4 N–H and O–H groups in total. The fourth-order valence-electron chi connectivity index (χ4n) is 2.80. The first-order valence-electron chi connectivity index (χ1n) is 6.80. The van der Waals surface area contributed by atoms with Gasteiger partial charge in [-0.25, -0.2) is 13.6 Å². The van der Waals surface area contributed by atoms with Crippen LogP contribution in [0.25, 0.3) is 0 Å². The molecule has 0 bridgehead atoms. The number of nitrogens with two attached hydrogens (primary N) is 1. The molecule has 0 spiro atoms. The van der Waals surface area contributed by atoms with E-state index in [9.17, 15) is 23.1 Å². The predicted molar refractivity (Wildman–Crippen MR) is 81.2 cm³/mol. The van der Waals surface area contributed by atoms with Crippen LogP contribution in [0.3, 0.4) is 0 Å². The molecule has 1 aliphatic rings. The Morgan fingerprint density at radius 1 is 1.45 bits per heavy atom. The summed E-state index contributed by atoms with van der Waals surface area (Å²) < 4.78 is 22.4. The van der Waals surface area contributed by atoms with Crippen molar-refractivity contribution in [2.24, 2.45) is 11.1 Å². The first-order chi connectivity index (χ1) is 10.1. The molecule has 0 saturated heterocycles. The van der Waals surface area contributed by atoms with E-state index >= 15 is 0 Å². The van der Waals surface area contributed by atoms with Crippen molar-refractivity contribution in [2.45, 2.75) is 42.4 Å². The van der Waals surface area contributed by atoms with Gasteiger partial charge in [-0.05, 0) is 25.8 Å². The van der Waals surface area contributed by atoms with Gasteiger partial charge in [0, 0.05) is 5.38 Å². The molecule has 9 heteroatoms. The molecule has 0 radical (unpaired) electrons. The van der Waals surface area contributed by atoms with Crippen molar-refractivity contribution in [3.8, 4) is 0 Å². The molecule has 1 aromatic rings. The van der Waals surface area contributed by atoms with Gasteiger partial charge in [0.2, 0.25) is 10.0 Å². The van der Waals surface area contributed by atoms with Gasteiger partial charge in [0.1, 0.15) is 4.21 Å². The molecule has 1 aliphatic carbocycles. The summed E-state index contributed by atoms with van der Waals surface area (Å²) in [5, 5.41) is 18.5. The van der Waals surface area contributed by atoms with Crippen LogP contribution < -0.4 is 10.5 Å². The highest BCUT2D eigenvalue weighted by atomic mass is 32.2. The Hall–Kier alpha value is -1.45. The van der Waals surface area contributed by atoms with Gasteiger partial charge >= 0.3 is 5.97 Å². The van der Waals surface area contributed by atoms with Crippen molar-refractivity contribution in [3.05, 3.63) is 17.0 Å². The van der Waals surface area contributed by atoms with Crippen LogP contribution in [0.15, 0.2) is 15.7 Å². The monoisotopic (exact) mass is 346 g/mol. The lowest BCUT2D eigenvalue weighted by molar-refractivity contribution is -0.145. The van der Waals surface area contributed by atoms with E-state index in [1.54, 1.807) is 6.92 Å². The molecule has 1 fully saturated rings. The predicted octanol–water partition coefficient (Wildman–Crippen LogP) is 1.16. The molecule has 122 valence electrons. The van der Waals surface area contributed by atoms with Crippen LogP contribution in [-0.4, -0.2) is 30.9 Å². The van der Waals surface area contributed by atoms with Crippen molar-refractivity contribution in [1.82, 2.24) is 5.32 Å². The Bertz CT molecular complexity index is 697. The average Bonchev–Trinajstić information content (AvgIpc) is 2.87. The molecule has 1 heterocycles. The summed E-state index contributed by atoms with van der Waals surface area (Å²) in [4.78, 5) is 23.7. The lowest BCUT2D eigenvalue weighted by Crippen LogP contribution is -2.55. The van der Waals surface area contributed by atoms with Crippen molar-refractivity contribution < 1.29 is 23.1 Å². The lowest BCUT2D eigenvalue weighted by atomic mass is 9.74. The molecule has 1 aromatic heterocycles. The van der Waals surface area contributed by atoms with Crippen LogP contribution in [0, 0.1) is 5.92 Å². The summed E-state index contributed by atoms with van der Waals surface area (Å²) in [6, 6.07) is 1.21. The summed E-state index contributed by atoms with van der Waals surface area (Å²) in [6.07, 6.45) is 2.74. The van der Waals surface area contributed by atoms with E-state index in [1.165, 1.54) is 11.4 Å². The van der Waals surface area contributed by atoms with E-state index in [4.69, 9.17) is 5.14 Å². The van der Waals surface area contributed by atoms with Crippen LogP contribution >= 0.6 is 11.3 Å². The Morgan fingerprint density at radius 2 is 2.14 bits per heavy atom. The summed E-state index contributed by atoms with van der Waals surface area (Å²) in [7, 11) is -3.84. The van der Waals surface area contributed by atoms with Crippen molar-refractivity contribution in [2.75, 3.05) is 0 Å². The Kier molecular flexibility index (Phi) is 4.59. The maximum absolute atomic E-state index is 12.3. The summed E-state index contributed by atoms with van der Waals surface area (Å²) >= 11 is 0.863. The minimum Gasteiger partial charge on any atom is -0.481 e. The quantitative estimate of drug-likeness (QED) is 0.754. The molecule has 0 unspecified atom stereocenters. The number of thiophene rings is 1. The molecule has 1 amide bonds. The molecule has 22 heavy (non-hydrogen) atoms. The minimum atomic E-state index is -3.84. The molecular formula is C13H18N2O5S2. The zero-order chi connectivity index (χ0) is 16.5. The number of hydrogen-bond acceptors (Lipinski definition) is 5. The Labute approximate surface area is 132 Å². The van der Waals surface area contributed by atoms with E-state index in [1.807, 2.05) is 0 Å². The highest BCUT2D eigenvalue weighted by Crippen LogP contribution is 2.34. The number of hydrogen-bond donors (Lipinski definition) is 3. The topological polar surface area (TPSA) is 127 Å². The average molecular weight is 346 g/mol. The van der Waals surface area contributed by atoms with E-state index in [-0.39, 0.29) is 9.77 Å². The third-order valence-corrected chi connectivity index (χ3v) is 6.41. The van der Waals surface area contributed by atoms with E-state index in [0.717, 1.165) is 24.2 Å². The molecule has 1 saturated carbocycles. The van der Waals surface area contributed by atoms with Crippen LogP contribution in [0.5, 0.6) is 0 Å². The summed E-state index contributed by atoms with van der Waals surface area (Å²) in [6.45, 7) is 1.72. The lowest BCUT2D eigenvalue weighted by Gasteiger charge is -2.39. The van der Waals surface area contributed by atoms with Crippen LogP contribution in [-0.2, 0) is 14.8 Å². The fraction of sp³-hybridized carbons (Fsp3) is 0.538. The first-order valence-corrected chi connectivity index (χ1v) is 9.23. The zero-order valence-corrected chi connectivity index (χ0v) is 13.7. The van der Waals surface area contributed by atoms with Crippen molar-refractivity contribution in [3.63, 3.8) is 0 Å². The second-order valence-corrected chi connectivity index (χ2v) is 8.41. The van der Waals surface area contributed by atoms with Gasteiger partial charge in [-0.2, -0.15) is 0 Å². The molecule has 0 aliphatic heterocycles. The number of primary sulfonamides is 1. The molecular weight excluding hydrogens is 328 g/mol. The van der Waals surface area contributed by atoms with Gasteiger partial charge in [-0.1, -0.05) is 12.8 Å². The number of nitrogens with one attached hydrogen (secondary N) is 1. The Balaban J connectivity index is 2.20. The SMILES string of the molecule is C[C@@]1(NC(=O)c2csc(S(N)(=O)=O)c2)CCCC[C@@H]1C(=O)O. The van der Waals surface area contributed by atoms with Crippen molar-refractivity contribution in [1.29, 1.82) is 0 Å². The summed E-state index contributed by atoms with van der Waals surface area (Å²) in [5.41, 5.74) is -0.671. The van der Waals surface area contributed by atoms with Gasteiger partial charge in [-0.3, -0.25) is 9.59 Å². The second kappa shape index (κ2) is 5.98. The van der Waals surface area contributed by atoms with E-state index < -0.39 is 33.4 Å². The second-order valence-electron chi connectivity index (χ2n) is 5.71. The number of amides is 1. The number of carbonyl (C=O) groups is 2. The van der Waals surface area contributed by atoms with Crippen molar-refractivity contribution >= 4 is 33.2 Å². The number of rotatable bonds is 4. The molecule has 2 atom stereocenters. The third kappa shape index (κ3) is 3.47. The third-order valence-electron chi connectivity index (χ3n) is 4.02. The zero-order valence-electron chi connectivity index (χ0n) is 12.0. The van der Waals surface area contributed by atoms with Gasteiger partial charge in [0.05, 0.1) is 17.0 Å². The van der Waals surface area contributed by atoms with Gasteiger partial charge < -0.3 is 10.4 Å². The molecule has 7 nitrogen and oxygen atoms in total. The number of aliphatic carboxylic acids is 1. The summed E-state index contributed by atoms with van der Waals surface area (Å²) in [5.74, 6) is -2.07. The molecule has 2 rings (SSSR count). The highest BCUT2D eigenvalue weighted by Gasteiger charge is 2.42. The van der Waals surface area contributed by atoms with Gasteiger partial charge in [0.25, 0.3) is 5.91 Å². The largest absolute Gasteiger partial charge is 0.481 e. The maximum atomic E-state index is 12.3. The molecule has 0 aromatic carbocycles. The fourth-order valence-corrected chi connectivity index (χ4v) is 4.38. The van der Waals surface area contributed by atoms with Crippen LogP contribution in [0.2, 0.25) is 0 Å². The number of carboxylic acid groups (broad SMARTS) is 1. The normalized spacial score (nSPS) is 25.6. The first kappa shape index (κ1) is 16.9. The maximum Gasteiger partial charge on any atom is 0.308 e. The van der Waals surface area contributed by atoms with E-state index in [2.05, 4.69) is 5.32 Å².